The molecule has 0 aromatic rings. The molecule has 0 spiro atoms. The van der Waals surface area contributed by atoms with Gasteiger partial charge in [0.2, 0.25) is 0 Å². The molecular formula is C8H18O3S. The van der Waals surface area contributed by atoms with Crippen LogP contribution in [0.25, 0.3) is 0 Å². The van der Waals surface area contributed by atoms with Crippen LogP contribution < -0.4 is 0 Å². The van der Waals surface area contributed by atoms with E-state index in [0.717, 1.165) is 25.5 Å². The Morgan fingerprint density at radius 2 is 2.00 bits per heavy atom. The molecule has 0 unspecified atom stereocenters. The molecule has 0 aliphatic heterocycles. The van der Waals surface area contributed by atoms with Gasteiger partial charge in [-0.05, 0) is 12.3 Å². The van der Waals surface area contributed by atoms with Crippen molar-refractivity contribution in [3.8, 4) is 0 Å². The molecule has 0 saturated heterocycles. The van der Waals surface area contributed by atoms with Gasteiger partial charge in [-0.25, -0.2) is 0 Å². The van der Waals surface area contributed by atoms with Crippen molar-refractivity contribution in [1.29, 1.82) is 0 Å². The summed E-state index contributed by atoms with van der Waals surface area (Å²) in [4.78, 5) is 0. The zero-order valence-electron chi connectivity index (χ0n) is 8.04. The molecule has 0 heterocycles. The summed E-state index contributed by atoms with van der Waals surface area (Å²) in [5.74, 6) is 0.333. The van der Waals surface area contributed by atoms with Gasteiger partial charge in [-0.1, -0.05) is 26.7 Å². The smallest absolute Gasteiger partial charge is 0.264 e. The van der Waals surface area contributed by atoms with Gasteiger partial charge in [0.15, 0.2) is 0 Å². The van der Waals surface area contributed by atoms with Gasteiger partial charge in [-0.2, -0.15) is 8.42 Å². The summed E-state index contributed by atoms with van der Waals surface area (Å²) in [5.41, 5.74) is 0. The first-order valence-electron chi connectivity index (χ1n) is 4.30. The van der Waals surface area contributed by atoms with Crippen molar-refractivity contribution >= 4 is 10.1 Å². The number of hydrogen-bond acceptors (Lipinski definition) is 3. The van der Waals surface area contributed by atoms with E-state index in [0.29, 0.717) is 12.5 Å². The maximum absolute atomic E-state index is 10.6. The topological polar surface area (TPSA) is 43.4 Å². The number of rotatable bonds is 6. The van der Waals surface area contributed by atoms with Crippen molar-refractivity contribution < 1.29 is 12.6 Å². The Balaban J connectivity index is 3.51. The summed E-state index contributed by atoms with van der Waals surface area (Å²) in [7, 11) is -3.24. The molecule has 0 bridgehead atoms. The van der Waals surface area contributed by atoms with E-state index in [1.165, 1.54) is 0 Å². The first-order chi connectivity index (χ1) is 5.45. The van der Waals surface area contributed by atoms with Crippen molar-refractivity contribution in [1.82, 2.24) is 0 Å². The molecule has 1 atom stereocenters. The summed E-state index contributed by atoms with van der Waals surface area (Å²) in [6, 6.07) is 0. The molecule has 12 heavy (non-hydrogen) atoms. The molecular weight excluding hydrogens is 176 g/mol. The molecule has 0 fully saturated rings. The van der Waals surface area contributed by atoms with Gasteiger partial charge in [0, 0.05) is 0 Å². The molecule has 0 aromatic heterocycles. The average Bonchev–Trinajstić information content (AvgIpc) is 1.95. The molecule has 0 amide bonds. The molecule has 74 valence electrons. The minimum atomic E-state index is -3.24. The molecule has 0 aromatic carbocycles. The van der Waals surface area contributed by atoms with Crippen LogP contribution in [0.3, 0.4) is 0 Å². The maximum Gasteiger partial charge on any atom is 0.264 e. The first-order valence-corrected chi connectivity index (χ1v) is 6.11. The molecule has 0 saturated carbocycles. The van der Waals surface area contributed by atoms with Crippen molar-refractivity contribution in [3.63, 3.8) is 0 Å². The molecule has 0 radical (unpaired) electrons. The minimum Gasteiger partial charge on any atom is -0.270 e. The highest BCUT2D eigenvalue weighted by Crippen LogP contribution is 2.08. The average molecular weight is 194 g/mol. The third-order valence-electron chi connectivity index (χ3n) is 1.62. The Bertz CT molecular complexity index is 196. The van der Waals surface area contributed by atoms with Crippen LogP contribution in [0.15, 0.2) is 0 Å². The summed E-state index contributed by atoms with van der Waals surface area (Å²) in [5, 5.41) is 0. The molecule has 3 nitrogen and oxygen atoms in total. The largest absolute Gasteiger partial charge is 0.270 e. The monoisotopic (exact) mass is 194 g/mol. The fourth-order valence-electron chi connectivity index (χ4n) is 0.876. The lowest BCUT2D eigenvalue weighted by molar-refractivity contribution is 0.257. The highest BCUT2D eigenvalue weighted by molar-refractivity contribution is 7.85. The van der Waals surface area contributed by atoms with E-state index in [2.05, 4.69) is 11.1 Å². The second-order valence-electron chi connectivity index (χ2n) is 3.24. The molecule has 4 heteroatoms. The van der Waals surface area contributed by atoms with E-state index in [1.807, 2.05) is 6.92 Å². The van der Waals surface area contributed by atoms with Gasteiger partial charge < -0.3 is 0 Å². The molecule has 0 rings (SSSR count). The van der Waals surface area contributed by atoms with Crippen LogP contribution >= 0.6 is 0 Å². The van der Waals surface area contributed by atoms with Crippen molar-refractivity contribution in [2.75, 3.05) is 12.9 Å². The lowest BCUT2D eigenvalue weighted by Gasteiger charge is -2.09. The van der Waals surface area contributed by atoms with Gasteiger partial charge in [-0.3, -0.25) is 4.18 Å². The Morgan fingerprint density at radius 1 is 1.42 bits per heavy atom. The van der Waals surface area contributed by atoms with Crippen LogP contribution in [0.5, 0.6) is 0 Å². The van der Waals surface area contributed by atoms with Gasteiger partial charge in [0.05, 0.1) is 12.9 Å². The van der Waals surface area contributed by atoms with Gasteiger partial charge in [0.25, 0.3) is 10.1 Å². The van der Waals surface area contributed by atoms with E-state index < -0.39 is 10.1 Å². The zero-order valence-corrected chi connectivity index (χ0v) is 8.86. The van der Waals surface area contributed by atoms with Crippen LogP contribution in [0.2, 0.25) is 0 Å². The standard InChI is InChI=1S/C8H18O3S/c1-4-5-6-8(2)7-11-12(3,9)10/h8H,4-7H2,1-3H3/t8-/m1/s1. The highest BCUT2D eigenvalue weighted by atomic mass is 32.2. The third-order valence-corrected chi connectivity index (χ3v) is 2.18. The first kappa shape index (κ1) is 11.9. The fraction of sp³-hybridized carbons (Fsp3) is 1.00. The predicted octanol–water partition coefficient (Wildman–Crippen LogP) is 1.79. The fourth-order valence-corrected chi connectivity index (χ4v) is 1.36. The SMILES string of the molecule is CCCC[C@@H](C)COS(C)(=O)=O. The zero-order chi connectivity index (χ0) is 9.61. The number of hydrogen-bond donors (Lipinski definition) is 0. The van der Waals surface area contributed by atoms with Gasteiger partial charge in [-0.15, -0.1) is 0 Å². The van der Waals surface area contributed by atoms with Crippen LogP contribution in [0.1, 0.15) is 33.1 Å². The Morgan fingerprint density at radius 3 is 2.42 bits per heavy atom. The summed E-state index contributed by atoms with van der Waals surface area (Å²) in [6.07, 6.45) is 4.39. The normalized spacial score (nSPS) is 14.6. The Hall–Kier alpha value is -0.0900. The quantitative estimate of drug-likeness (QED) is 0.605. The molecule has 0 N–H and O–H groups in total. The van der Waals surface area contributed by atoms with E-state index >= 15 is 0 Å². The molecule has 0 aliphatic rings. The second-order valence-corrected chi connectivity index (χ2v) is 4.88. The lowest BCUT2D eigenvalue weighted by atomic mass is 10.1. The lowest BCUT2D eigenvalue weighted by Crippen LogP contribution is -2.10. The van der Waals surface area contributed by atoms with Crippen molar-refractivity contribution in [2.45, 2.75) is 33.1 Å². The number of unbranched alkanes of at least 4 members (excludes halogenated alkanes) is 1. The van der Waals surface area contributed by atoms with Gasteiger partial charge >= 0.3 is 0 Å². The Kier molecular flexibility index (Phi) is 5.50. The van der Waals surface area contributed by atoms with E-state index in [4.69, 9.17) is 0 Å². The van der Waals surface area contributed by atoms with Crippen molar-refractivity contribution in [3.05, 3.63) is 0 Å². The summed E-state index contributed by atoms with van der Waals surface area (Å²) < 4.78 is 25.8. The van der Waals surface area contributed by atoms with Crippen LogP contribution in [-0.2, 0) is 14.3 Å². The van der Waals surface area contributed by atoms with E-state index in [9.17, 15) is 8.42 Å². The van der Waals surface area contributed by atoms with Crippen LogP contribution in [0, 0.1) is 5.92 Å². The minimum absolute atomic E-state index is 0.318. The third kappa shape index (κ3) is 8.01. The van der Waals surface area contributed by atoms with Crippen LogP contribution in [0.4, 0.5) is 0 Å². The highest BCUT2D eigenvalue weighted by Gasteiger charge is 2.06. The Labute approximate surface area is 75.2 Å². The summed E-state index contributed by atoms with van der Waals surface area (Å²) in [6.45, 7) is 4.43. The molecule has 0 aliphatic carbocycles. The second kappa shape index (κ2) is 5.54. The summed E-state index contributed by atoms with van der Waals surface area (Å²) >= 11 is 0. The maximum atomic E-state index is 10.6. The predicted molar refractivity (Wildman–Crippen MR) is 49.5 cm³/mol. The van der Waals surface area contributed by atoms with Crippen LogP contribution in [-0.4, -0.2) is 21.3 Å². The van der Waals surface area contributed by atoms with E-state index in [1.54, 1.807) is 0 Å². The van der Waals surface area contributed by atoms with E-state index in [-0.39, 0.29) is 0 Å². The van der Waals surface area contributed by atoms with Crippen molar-refractivity contribution in [2.24, 2.45) is 5.92 Å². The van der Waals surface area contributed by atoms with Gasteiger partial charge in [0.1, 0.15) is 0 Å².